The third kappa shape index (κ3) is 6.45. The highest BCUT2D eigenvalue weighted by Gasteiger charge is 2.46. The van der Waals surface area contributed by atoms with Crippen molar-refractivity contribution in [1.82, 2.24) is 9.21 Å². The Morgan fingerprint density at radius 2 is 2.03 bits per heavy atom. The number of nitrogens with two attached hydrogens (primary N) is 1. The topological polar surface area (TPSA) is 140 Å². The molecule has 2 aliphatic rings. The maximum Gasteiger partial charge on any atom is 0.491 e. The number of carbonyl (C=O) groups excluding carboxylic acids is 1. The molecule has 0 saturated carbocycles. The van der Waals surface area contributed by atoms with Crippen molar-refractivity contribution in [2.24, 2.45) is 5.84 Å². The number of sulfonamides is 1. The van der Waals surface area contributed by atoms with E-state index in [4.69, 9.17) is 5.84 Å². The molecule has 3 atom stereocenters. The number of ether oxygens (including phenoxy) is 1. The van der Waals surface area contributed by atoms with Crippen molar-refractivity contribution >= 4 is 27.8 Å². The molecule has 0 bridgehead atoms. The number of hydrogen-bond acceptors (Lipinski definition) is 9. The molecule has 2 saturated heterocycles. The number of nitrogens with zero attached hydrogens (tertiary/aromatic N) is 4. The van der Waals surface area contributed by atoms with Crippen LogP contribution in [0.15, 0.2) is 29.2 Å². The molecule has 0 spiro atoms. The number of rotatable bonds is 7. The van der Waals surface area contributed by atoms with Crippen molar-refractivity contribution in [2.75, 3.05) is 31.9 Å². The molecule has 1 aromatic rings. The first-order valence-corrected chi connectivity index (χ1v) is 13.2. The first-order valence-electron chi connectivity index (χ1n) is 10.7. The van der Waals surface area contributed by atoms with Gasteiger partial charge in [0.2, 0.25) is 15.6 Å². The number of benzene rings is 1. The summed E-state index contributed by atoms with van der Waals surface area (Å²) in [5.41, 5.74) is -0.566. The van der Waals surface area contributed by atoms with Gasteiger partial charge < -0.3 is 9.94 Å². The fraction of sp³-hybridized carbons (Fsp3) is 0.600. The lowest BCUT2D eigenvalue weighted by Gasteiger charge is -2.47. The van der Waals surface area contributed by atoms with E-state index in [0.29, 0.717) is 0 Å². The second-order valence-electron chi connectivity index (χ2n) is 8.46. The molecule has 10 nitrogen and oxygen atoms in total. The highest BCUT2D eigenvalue weighted by Crippen LogP contribution is 2.32. The van der Waals surface area contributed by atoms with Crippen molar-refractivity contribution in [2.45, 2.75) is 48.5 Å². The van der Waals surface area contributed by atoms with Crippen LogP contribution in [0.2, 0.25) is 0 Å². The Balaban J connectivity index is 1.60. The maximum atomic E-state index is 13.1. The van der Waals surface area contributed by atoms with E-state index in [9.17, 15) is 36.9 Å². The molecule has 2 fully saturated rings. The molecule has 0 radical (unpaired) electrons. The number of hydroxylamine groups is 2. The smallest absolute Gasteiger partial charge is 0.491 e. The molecular weight excluding hydrogens is 511 g/mol. The molecule has 0 aromatic heterocycles. The quantitative estimate of drug-likeness (QED) is 0.238. The van der Waals surface area contributed by atoms with Crippen LogP contribution in [-0.4, -0.2) is 84.1 Å². The van der Waals surface area contributed by atoms with Gasteiger partial charge in [0.05, 0.1) is 17.5 Å². The van der Waals surface area contributed by atoms with E-state index in [2.05, 4.69) is 4.74 Å². The van der Waals surface area contributed by atoms with E-state index in [-0.39, 0.29) is 49.7 Å². The largest absolute Gasteiger partial charge is 0.611 e. The summed E-state index contributed by atoms with van der Waals surface area (Å²) in [6.07, 6.45) is -4.81. The third-order valence-electron chi connectivity index (χ3n) is 6.03. The lowest BCUT2D eigenvalue weighted by Crippen LogP contribution is -2.62. The summed E-state index contributed by atoms with van der Waals surface area (Å²) in [4.78, 5) is 12.6. The first-order chi connectivity index (χ1) is 16.3. The van der Waals surface area contributed by atoms with Crippen molar-refractivity contribution in [3.8, 4) is 6.07 Å². The van der Waals surface area contributed by atoms with Gasteiger partial charge in [-0.25, -0.2) is 18.1 Å². The average molecular weight is 538 g/mol. The van der Waals surface area contributed by atoms with Crippen molar-refractivity contribution in [1.29, 1.82) is 5.26 Å². The lowest BCUT2D eigenvalue weighted by molar-refractivity contribution is -0.918. The standard InChI is InChI=1S/C20H26F3N5O5S2/c1-14-3-2-4-17(11-14)35(31,32)26-7-5-16(6-8-26)28(25,30)10-9-27-15(12-24)13-34-19(27)33-18(29)20(21,22)23/h2-4,11,15-16,19H,5-10,13,25H2,1H3. The number of alkyl halides is 3. The first kappa shape index (κ1) is 27.7. The van der Waals surface area contributed by atoms with E-state index >= 15 is 0 Å². The van der Waals surface area contributed by atoms with Crippen LogP contribution in [0.4, 0.5) is 13.2 Å². The third-order valence-corrected chi connectivity index (χ3v) is 9.09. The molecule has 0 aliphatic carbocycles. The minimum Gasteiger partial charge on any atom is -0.611 e. The normalized spacial score (nSPS) is 24.6. The fourth-order valence-corrected chi connectivity index (χ4v) is 6.83. The van der Waals surface area contributed by atoms with Crippen LogP contribution in [0.1, 0.15) is 18.4 Å². The van der Waals surface area contributed by atoms with Crippen LogP contribution in [-0.2, 0) is 19.6 Å². The molecule has 194 valence electrons. The summed E-state index contributed by atoms with van der Waals surface area (Å²) in [7, 11) is -3.72. The van der Waals surface area contributed by atoms with Crippen LogP contribution in [0.5, 0.6) is 0 Å². The van der Waals surface area contributed by atoms with Gasteiger partial charge in [0, 0.05) is 31.7 Å². The molecule has 1 aromatic carbocycles. The molecule has 2 heterocycles. The highest BCUT2D eigenvalue weighted by molar-refractivity contribution is 8.00. The zero-order valence-electron chi connectivity index (χ0n) is 18.8. The van der Waals surface area contributed by atoms with Gasteiger partial charge in [-0.1, -0.05) is 23.9 Å². The monoisotopic (exact) mass is 537 g/mol. The van der Waals surface area contributed by atoms with E-state index in [0.717, 1.165) is 17.3 Å². The Labute approximate surface area is 205 Å². The van der Waals surface area contributed by atoms with Crippen molar-refractivity contribution < 1.29 is 35.9 Å². The SMILES string of the molecule is Cc1cccc(S(=O)(=O)N2CCC([N+](N)([O-])CCN3C(C#N)CSC3OC(=O)C(F)(F)F)CC2)c1. The van der Waals surface area contributed by atoms with Crippen LogP contribution in [0, 0.1) is 23.5 Å². The van der Waals surface area contributed by atoms with Crippen LogP contribution < -0.4 is 5.84 Å². The number of esters is 1. The minimum absolute atomic E-state index is 0.0899. The summed E-state index contributed by atoms with van der Waals surface area (Å²) >= 11 is 0.853. The minimum atomic E-state index is -5.18. The van der Waals surface area contributed by atoms with E-state index in [1.807, 2.05) is 6.07 Å². The molecular formula is C20H26F3N5O5S2. The summed E-state index contributed by atoms with van der Waals surface area (Å²) in [6.45, 7) is 1.50. The highest BCUT2D eigenvalue weighted by atomic mass is 32.2. The van der Waals surface area contributed by atoms with Crippen LogP contribution in [0.25, 0.3) is 0 Å². The summed E-state index contributed by atoms with van der Waals surface area (Å²) in [6, 6.07) is 6.93. The predicted octanol–water partition coefficient (Wildman–Crippen LogP) is 1.67. The fourth-order valence-electron chi connectivity index (χ4n) is 4.04. The summed E-state index contributed by atoms with van der Waals surface area (Å²) in [5, 5.41) is 22.4. The molecule has 0 amide bonds. The molecule has 2 N–H and O–H groups in total. The second-order valence-corrected chi connectivity index (χ2v) is 11.5. The van der Waals surface area contributed by atoms with E-state index in [1.54, 1.807) is 25.1 Å². The van der Waals surface area contributed by atoms with Gasteiger partial charge in [0.1, 0.15) is 18.6 Å². The van der Waals surface area contributed by atoms with Gasteiger partial charge in [0.25, 0.3) is 0 Å². The van der Waals surface area contributed by atoms with Crippen LogP contribution in [0.3, 0.4) is 0 Å². The number of carbonyl (C=O) groups is 1. The molecule has 2 aliphatic heterocycles. The Morgan fingerprint density at radius 3 is 2.60 bits per heavy atom. The Hall–Kier alpha value is -1.93. The van der Waals surface area contributed by atoms with E-state index < -0.39 is 44.6 Å². The zero-order chi connectivity index (χ0) is 26.0. The molecule has 3 unspecified atom stereocenters. The molecule has 3 rings (SSSR count). The van der Waals surface area contributed by atoms with Gasteiger partial charge in [-0.3, -0.25) is 4.76 Å². The van der Waals surface area contributed by atoms with Gasteiger partial charge in [-0.15, -0.1) is 0 Å². The van der Waals surface area contributed by atoms with Crippen molar-refractivity contribution in [3.63, 3.8) is 0 Å². The number of thioether (sulfide) groups is 1. The summed E-state index contributed by atoms with van der Waals surface area (Å²) in [5.74, 6) is 3.69. The number of aryl methyl sites for hydroxylation is 1. The van der Waals surface area contributed by atoms with Gasteiger partial charge in [0.15, 0.2) is 0 Å². The number of halogens is 3. The van der Waals surface area contributed by atoms with Gasteiger partial charge in [-0.2, -0.15) is 28.6 Å². The lowest BCUT2D eigenvalue weighted by atomic mass is 10.1. The van der Waals surface area contributed by atoms with Gasteiger partial charge >= 0.3 is 12.1 Å². The van der Waals surface area contributed by atoms with Gasteiger partial charge in [-0.05, 0) is 24.6 Å². The molecule has 15 heteroatoms. The van der Waals surface area contributed by atoms with Crippen molar-refractivity contribution in [3.05, 3.63) is 35.0 Å². The van der Waals surface area contributed by atoms with Crippen LogP contribution >= 0.6 is 11.8 Å². The second kappa shape index (κ2) is 10.6. The average Bonchev–Trinajstić information content (AvgIpc) is 3.18. The predicted molar refractivity (Wildman–Crippen MR) is 120 cm³/mol. The zero-order valence-corrected chi connectivity index (χ0v) is 20.5. The Morgan fingerprint density at radius 1 is 1.37 bits per heavy atom. The summed E-state index contributed by atoms with van der Waals surface area (Å²) < 4.78 is 68.1. The number of piperidine rings is 1. The number of hydrogen-bond donors (Lipinski definition) is 1. The number of nitriles is 1. The Kier molecular flexibility index (Phi) is 8.37. The maximum absolute atomic E-state index is 13.1. The Bertz CT molecular complexity index is 1070. The molecule has 35 heavy (non-hydrogen) atoms. The van der Waals surface area contributed by atoms with E-state index in [1.165, 1.54) is 15.3 Å². The number of quaternary nitrogens is 1.